The van der Waals surface area contributed by atoms with Crippen molar-refractivity contribution in [2.75, 3.05) is 13.7 Å². The smallest absolute Gasteiger partial charge is 0.411 e. The third-order valence-electron chi connectivity index (χ3n) is 5.66. The van der Waals surface area contributed by atoms with Crippen LogP contribution in [0.4, 0.5) is 4.79 Å². The van der Waals surface area contributed by atoms with Gasteiger partial charge in [-0.15, -0.1) is 0 Å². The van der Waals surface area contributed by atoms with Gasteiger partial charge in [-0.3, -0.25) is 4.90 Å². The highest BCUT2D eigenvalue weighted by Gasteiger charge is 2.43. The van der Waals surface area contributed by atoms with Gasteiger partial charge in [-0.05, 0) is 43.5 Å². The second-order valence-corrected chi connectivity index (χ2v) is 9.13. The van der Waals surface area contributed by atoms with E-state index in [1.54, 1.807) is 26.8 Å². The van der Waals surface area contributed by atoms with E-state index in [1.807, 2.05) is 30.3 Å². The second-order valence-electron chi connectivity index (χ2n) is 9.13. The van der Waals surface area contributed by atoms with Gasteiger partial charge in [0.1, 0.15) is 23.5 Å². The monoisotopic (exact) mass is 448 g/mol. The molecule has 0 saturated carbocycles. The molecule has 4 rings (SSSR count). The Kier molecular flexibility index (Phi) is 5.97. The van der Waals surface area contributed by atoms with Gasteiger partial charge in [0.05, 0.1) is 13.7 Å². The third-order valence-corrected chi connectivity index (χ3v) is 5.66. The van der Waals surface area contributed by atoms with E-state index in [-0.39, 0.29) is 13.0 Å². The molecule has 0 bridgehead atoms. The maximum atomic E-state index is 12.7. The topological polar surface area (TPSA) is 77.4 Å². The average molecular weight is 449 g/mol. The summed E-state index contributed by atoms with van der Waals surface area (Å²) >= 11 is 0. The van der Waals surface area contributed by atoms with Crippen molar-refractivity contribution in [2.24, 2.45) is 5.16 Å². The fraction of sp³-hybridized carbons (Fsp3) is 0.346. The van der Waals surface area contributed by atoms with Crippen molar-refractivity contribution in [3.63, 3.8) is 0 Å². The van der Waals surface area contributed by atoms with E-state index in [0.717, 1.165) is 33.5 Å². The number of carbonyl (C=O) groups excluding carboxylic acids is 2. The predicted molar refractivity (Wildman–Crippen MR) is 126 cm³/mol. The molecule has 7 heteroatoms. The summed E-state index contributed by atoms with van der Waals surface area (Å²) < 4.78 is 10.4. The van der Waals surface area contributed by atoms with Gasteiger partial charge in [-0.1, -0.05) is 54.2 Å². The number of rotatable bonds is 4. The lowest BCUT2D eigenvalue weighted by atomic mass is 10.0. The molecule has 0 spiro atoms. The Labute approximate surface area is 193 Å². The zero-order valence-corrected chi connectivity index (χ0v) is 19.3. The molecule has 2 atom stereocenters. The van der Waals surface area contributed by atoms with Crippen molar-refractivity contribution >= 4 is 23.9 Å². The molecule has 0 unspecified atom stereocenters. The third kappa shape index (κ3) is 4.49. The molecule has 1 aliphatic heterocycles. The number of amides is 1. The van der Waals surface area contributed by atoms with Gasteiger partial charge in [-0.2, -0.15) is 0 Å². The molecular weight excluding hydrogens is 420 g/mol. The molecule has 0 aromatic heterocycles. The number of esters is 1. The molecule has 33 heavy (non-hydrogen) atoms. The number of likely N-dealkylation sites (tertiary alicyclic amines) is 1. The van der Waals surface area contributed by atoms with Gasteiger partial charge in [0.15, 0.2) is 0 Å². The van der Waals surface area contributed by atoms with E-state index < -0.39 is 29.8 Å². The summed E-state index contributed by atoms with van der Waals surface area (Å²) in [6.07, 6.45) is 0.999. The summed E-state index contributed by atoms with van der Waals surface area (Å²) in [4.78, 5) is 32.3. The highest BCUT2D eigenvalue weighted by atomic mass is 16.6. The number of oxime groups is 1. The first-order valence-electron chi connectivity index (χ1n) is 10.9. The van der Waals surface area contributed by atoms with E-state index in [0.29, 0.717) is 0 Å². The number of hydrogen-bond donors (Lipinski definition) is 0. The predicted octanol–water partition coefficient (Wildman–Crippen LogP) is 4.63. The van der Waals surface area contributed by atoms with Crippen LogP contribution in [0, 0.1) is 0 Å². The first-order chi connectivity index (χ1) is 15.7. The number of nitrogens with zero attached hydrogens (tertiary/aromatic N) is 2. The van der Waals surface area contributed by atoms with Gasteiger partial charge < -0.3 is 14.3 Å². The lowest BCUT2D eigenvalue weighted by Gasteiger charge is -2.27. The number of methoxy groups -OCH3 is 1. The molecule has 2 aromatic rings. The molecule has 1 saturated heterocycles. The molecular formula is C26H28N2O5. The molecule has 1 amide bonds. The molecule has 1 heterocycles. The van der Waals surface area contributed by atoms with Gasteiger partial charge in [0.25, 0.3) is 0 Å². The molecule has 172 valence electrons. The average Bonchev–Trinajstić information content (AvgIpc) is 3.35. The van der Waals surface area contributed by atoms with Crippen molar-refractivity contribution in [1.82, 2.24) is 4.90 Å². The maximum absolute atomic E-state index is 12.7. The first kappa shape index (κ1) is 22.6. The zero-order valence-electron chi connectivity index (χ0n) is 19.3. The molecule has 2 aliphatic rings. The number of hydrogen-bond acceptors (Lipinski definition) is 6. The zero-order chi connectivity index (χ0) is 23.8. The molecule has 0 radical (unpaired) electrons. The van der Waals surface area contributed by atoms with Crippen molar-refractivity contribution < 1.29 is 23.9 Å². The van der Waals surface area contributed by atoms with Crippen LogP contribution in [0.15, 0.2) is 54.2 Å². The molecule has 2 aromatic carbocycles. The summed E-state index contributed by atoms with van der Waals surface area (Å²) in [5.74, 6) is -0.508. The van der Waals surface area contributed by atoms with E-state index >= 15 is 0 Å². The molecule has 7 nitrogen and oxygen atoms in total. The van der Waals surface area contributed by atoms with Crippen LogP contribution < -0.4 is 0 Å². The van der Waals surface area contributed by atoms with Crippen LogP contribution in [0.2, 0.25) is 0 Å². The Morgan fingerprint density at radius 1 is 1.09 bits per heavy atom. The van der Waals surface area contributed by atoms with Gasteiger partial charge in [0, 0.05) is 17.5 Å². The fourth-order valence-corrected chi connectivity index (χ4v) is 4.17. The van der Waals surface area contributed by atoms with Gasteiger partial charge in [0.2, 0.25) is 0 Å². The van der Waals surface area contributed by atoms with Crippen LogP contribution in [0.1, 0.15) is 43.9 Å². The van der Waals surface area contributed by atoms with E-state index in [9.17, 15) is 9.59 Å². The Bertz CT molecular complexity index is 1130. The van der Waals surface area contributed by atoms with Gasteiger partial charge in [-0.25, -0.2) is 9.59 Å². The lowest BCUT2D eigenvalue weighted by Crippen LogP contribution is -2.44. The molecule has 0 N–H and O–H groups in total. The summed E-state index contributed by atoms with van der Waals surface area (Å²) in [6, 6.07) is 13.3. The number of carbonyl (C=O) groups is 2. The minimum absolute atomic E-state index is 0.173. The molecule has 1 aliphatic carbocycles. The van der Waals surface area contributed by atoms with Crippen LogP contribution in [-0.2, 0) is 19.1 Å². The first-order valence-corrected chi connectivity index (χ1v) is 10.9. The van der Waals surface area contributed by atoms with E-state index in [2.05, 4.69) is 23.9 Å². The van der Waals surface area contributed by atoms with Crippen LogP contribution in [0.25, 0.3) is 17.2 Å². The number of benzene rings is 2. The SMILES string of the molecule is C=Cc1ccc2c(c1)/C(=N\O[C@@H]1C[C@@H](C(=O)OC)N(C(=O)OC(C)(C)C)C1)c1ccccc1-2. The lowest BCUT2D eigenvalue weighted by molar-refractivity contribution is -0.145. The highest BCUT2D eigenvalue weighted by molar-refractivity contribution is 6.24. The number of ether oxygens (including phenoxy) is 2. The standard InChI is InChI=1S/C26H28N2O5/c1-6-16-11-12-19-18-9-7-8-10-20(18)23(21(19)13-16)27-33-17-14-22(24(29)31-5)28(15-17)25(30)32-26(2,3)4/h6-13,17,22H,1,14-15H2,2-5H3/b27-23-/t17-,22+/m1/s1. The second kappa shape index (κ2) is 8.73. The largest absolute Gasteiger partial charge is 0.467 e. The van der Waals surface area contributed by atoms with Crippen LogP contribution in [0.5, 0.6) is 0 Å². The quantitative estimate of drug-likeness (QED) is 0.430. The number of fused-ring (bicyclic) bond motifs is 3. The fourth-order valence-electron chi connectivity index (χ4n) is 4.17. The Hall–Kier alpha value is -3.61. The Morgan fingerprint density at radius 3 is 2.45 bits per heavy atom. The summed E-state index contributed by atoms with van der Waals surface area (Å²) in [6.45, 7) is 9.37. The van der Waals surface area contributed by atoms with E-state index in [4.69, 9.17) is 14.3 Å². The van der Waals surface area contributed by atoms with Crippen molar-refractivity contribution in [2.45, 2.75) is 44.9 Å². The molecule has 1 fully saturated rings. The van der Waals surface area contributed by atoms with E-state index in [1.165, 1.54) is 12.0 Å². The van der Waals surface area contributed by atoms with Crippen LogP contribution in [0.3, 0.4) is 0 Å². The highest BCUT2D eigenvalue weighted by Crippen LogP contribution is 2.38. The van der Waals surface area contributed by atoms with Crippen molar-refractivity contribution in [1.29, 1.82) is 0 Å². The van der Waals surface area contributed by atoms with Crippen molar-refractivity contribution in [3.05, 3.63) is 65.7 Å². The Balaban J connectivity index is 1.60. The minimum atomic E-state index is -0.787. The summed E-state index contributed by atoms with van der Waals surface area (Å²) in [7, 11) is 1.30. The van der Waals surface area contributed by atoms with Gasteiger partial charge >= 0.3 is 12.1 Å². The normalized spacial score (nSPS) is 20.2. The van der Waals surface area contributed by atoms with Crippen molar-refractivity contribution in [3.8, 4) is 11.1 Å². The minimum Gasteiger partial charge on any atom is -0.467 e. The van der Waals surface area contributed by atoms with Crippen LogP contribution in [-0.4, -0.2) is 54.1 Å². The summed E-state index contributed by atoms with van der Waals surface area (Å²) in [5.41, 5.74) is 5.11. The Morgan fingerprint density at radius 2 is 1.79 bits per heavy atom. The van der Waals surface area contributed by atoms with Crippen LogP contribution >= 0.6 is 0 Å². The summed E-state index contributed by atoms with van der Waals surface area (Å²) in [5, 5.41) is 4.50. The maximum Gasteiger partial charge on any atom is 0.411 e.